The molecular formula is C14H16FNO2. The number of methoxy groups -OCH3 is 1. The summed E-state index contributed by atoms with van der Waals surface area (Å²) in [6.45, 7) is 2.04. The van der Waals surface area contributed by atoms with E-state index in [1.807, 2.05) is 19.1 Å². The molecule has 3 nitrogen and oxygen atoms in total. The lowest BCUT2D eigenvalue weighted by Crippen LogP contribution is -2.08. The molecular weight excluding hydrogens is 233 g/mol. The maximum Gasteiger partial charge on any atom is 0.167 e. The van der Waals surface area contributed by atoms with E-state index < -0.39 is 0 Å². The number of hydrogen-bond acceptors (Lipinski definition) is 3. The quantitative estimate of drug-likeness (QED) is 0.870. The Morgan fingerprint density at radius 2 is 2.22 bits per heavy atom. The molecule has 0 aliphatic rings. The first-order valence-electron chi connectivity index (χ1n) is 5.88. The highest BCUT2D eigenvalue weighted by Crippen LogP contribution is 2.26. The van der Waals surface area contributed by atoms with Crippen LogP contribution in [-0.2, 0) is 0 Å². The van der Waals surface area contributed by atoms with Crippen LogP contribution in [-0.4, -0.2) is 7.11 Å². The summed E-state index contributed by atoms with van der Waals surface area (Å²) in [6.07, 6.45) is 2.48. The fourth-order valence-electron chi connectivity index (χ4n) is 1.82. The van der Waals surface area contributed by atoms with Crippen molar-refractivity contribution in [3.63, 3.8) is 0 Å². The first-order chi connectivity index (χ1) is 8.74. The van der Waals surface area contributed by atoms with Gasteiger partial charge in [0.2, 0.25) is 0 Å². The largest absolute Gasteiger partial charge is 0.494 e. The topological polar surface area (TPSA) is 34.4 Å². The number of hydrogen-bond donors (Lipinski definition) is 1. The first kappa shape index (κ1) is 12.5. The van der Waals surface area contributed by atoms with Crippen molar-refractivity contribution in [1.82, 2.24) is 0 Å². The Morgan fingerprint density at radius 1 is 1.39 bits per heavy atom. The van der Waals surface area contributed by atoms with E-state index in [0.717, 1.165) is 12.2 Å². The van der Waals surface area contributed by atoms with Gasteiger partial charge in [0.1, 0.15) is 5.76 Å². The van der Waals surface area contributed by atoms with Gasteiger partial charge in [-0.3, -0.25) is 0 Å². The van der Waals surface area contributed by atoms with Crippen molar-refractivity contribution in [3.05, 3.63) is 48.2 Å². The highest BCUT2D eigenvalue weighted by molar-refractivity contribution is 5.48. The molecule has 1 aromatic carbocycles. The minimum Gasteiger partial charge on any atom is -0.494 e. The van der Waals surface area contributed by atoms with E-state index in [9.17, 15) is 4.39 Å². The zero-order valence-electron chi connectivity index (χ0n) is 10.4. The van der Waals surface area contributed by atoms with E-state index in [2.05, 4.69) is 5.32 Å². The molecule has 18 heavy (non-hydrogen) atoms. The van der Waals surface area contributed by atoms with Crippen LogP contribution in [0.5, 0.6) is 5.75 Å². The second kappa shape index (κ2) is 5.58. The predicted molar refractivity (Wildman–Crippen MR) is 68.3 cm³/mol. The third-order valence-electron chi connectivity index (χ3n) is 2.79. The maximum atomic E-state index is 13.6. The Kier molecular flexibility index (Phi) is 3.87. The van der Waals surface area contributed by atoms with E-state index in [1.165, 1.54) is 13.2 Å². The standard InChI is InChI=1S/C14H16FNO2/c1-3-12(14-5-4-8-18-14)16-10-6-7-13(17-2)11(15)9-10/h4-9,12,16H,3H2,1-2H3. The number of ether oxygens (including phenoxy) is 1. The van der Waals surface area contributed by atoms with Crippen LogP contribution in [0.3, 0.4) is 0 Å². The van der Waals surface area contributed by atoms with Crippen molar-refractivity contribution in [3.8, 4) is 5.75 Å². The van der Waals surface area contributed by atoms with E-state index in [-0.39, 0.29) is 17.6 Å². The predicted octanol–water partition coefficient (Wildman–Crippen LogP) is 3.99. The third-order valence-corrected chi connectivity index (χ3v) is 2.79. The van der Waals surface area contributed by atoms with Gasteiger partial charge in [-0.05, 0) is 30.7 Å². The fraction of sp³-hybridized carbons (Fsp3) is 0.286. The van der Waals surface area contributed by atoms with Gasteiger partial charge in [0.15, 0.2) is 11.6 Å². The van der Waals surface area contributed by atoms with Crippen molar-refractivity contribution in [1.29, 1.82) is 0 Å². The smallest absolute Gasteiger partial charge is 0.167 e. The van der Waals surface area contributed by atoms with Crippen LogP contribution < -0.4 is 10.1 Å². The zero-order valence-corrected chi connectivity index (χ0v) is 10.4. The summed E-state index contributed by atoms with van der Waals surface area (Å²) >= 11 is 0. The summed E-state index contributed by atoms with van der Waals surface area (Å²) in [6, 6.07) is 8.59. The fourth-order valence-corrected chi connectivity index (χ4v) is 1.82. The molecule has 0 aliphatic heterocycles. The molecule has 96 valence electrons. The normalized spacial score (nSPS) is 12.2. The Hall–Kier alpha value is -1.97. The minimum absolute atomic E-state index is 0.0350. The second-order valence-corrected chi connectivity index (χ2v) is 3.97. The lowest BCUT2D eigenvalue weighted by molar-refractivity contribution is 0.386. The lowest BCUT2D eigenvalue weighted by atomic mass is 10.1. The highest BCUT2D eigenvalue weighted by atomic mass is 19.1. The van der Waals surface area contributed by atoms with Crippen LogP contribution >= 0.6 is 0 Å². The molecule has 0 spiro atoms. The molecule has 0 radical (unpaired) electrons. The van der Waals surface area contributed by atoms with E-state index in [0.29, 0.717) is 5.69 Å². The average Bonchev–Trinajstić information content (AvgIpc) is 2.90. The van der Waals surface area contributed by atoms with Gasteiger partial charge in [-0.25, -0.2) is 4.39 Å². The summed E-state index contributed by atoms with van der Waals surface area (Å²) in [5.74, 6) is 0.706. The van der Waals surface area contributed by atoms with Crippen molar-refractivity contribution < 1.29 is 13.5 Å². The number of rotatable bonds is 5. The molecule has 2 aromatic rings. The number of halogens is 1. The van der Waals surface area contributed by atoms with Gasteiger partial charge < -0.3 is 14.5 Å². The van der Waals surface area contributed by atoms with Crippen LogP contribution in [0.2, 0.25) is 0 Å². The van der Waals surface area contributed by atoms with E-state index in [1.54, 1.807) is 18.4 Å². The molecule has 1 N–H and O–H groups in total. The summed E-state index contributed by atoms with van der Waals surface area (Å²) in [4.78, 5) is 0. The third kappa shape index (κ3) is 2.64. The van der Waals surface area contributed by atoms with Crippen LogP contribution in [0.1, 0.15) is 25.1 Å². The Morgan fingerprint density at radius 3 is 2.78 bits per heavy atom. The highest BCUT2D eigenvalue weighted by Gasteiger charge is 2.12. The number of benzene rings is 1. The van der Waals surface area contributed by atoms with Gasteiger partial charge >= 0.3 is 0 Å². The molecule has 0 bridgehead atoms. The lowest BCUT2D eigenvalue weighted by Gasteiger charge is -2.16. The van der Waals surface area contributed by atoms with Crippen molar-refractivity contribution in [2.45, 2.75) is 19.4 Å². The summed E-state index contributed by atoms with van der Waals surface area (Å²) in [7, 11) is 1.45. The van der Waals surface area contributed by atoms with Gasteiger partial charge in [0.25, 0.3) is 0 Å². The van der Waals surface area contributed by atoms with E-state index in [4.69, 9.17) is 9.15 Å². The van der Waals surface area contributed by atoms with Gasteiger partial charge in [-0.2, -0.15) is 0 Å². The Labute approximate surface area is 106 Å². The van der Waals surface area contributed by atoms with E-state index >= 15 is 0 Å². The molecule has 4 heteroatoms. The maximum absolute atomic E-state index is 13.6. The van der Waals surface area contributed by atoms with Gasteiger partial charge in [0, 0.05) is 11.8 Å². The molecule has 1 unspecified atom stereocenters. The number of nitrogens with one attached hydrogen (secondary N) is 1. The molecule has 1 heterocycles. The molecule has 2 rings (SSSR count). The summed E-state index contributed by atoms with van der Waals surface area (Å²) < 4.78 is 23.8. The molecule has 1 aromatic heterocycles. The SMILES string of the molecule is CCC(Nc1ccc(OC)c(F)c1)c1ccco1. The van der Waals surface area contributed by atoms with Crippen molar-refractivity contribution >= 4 is 5.69 Å². The van der Waals surface area contributed by atoms with Crippen LogP contribution in [0, 0.1) is 5.82 Å². The summed E-state index contributed by atoms with van der Waals surface area (Å²) in [5.41, 5.74) is 0.705. The number of anilines is 1. The average molecular weight is 249 g/mol. The number of furan rings is 1. The monoisotopic (exact) mass is 249 g/mol. The van der Waals surface area contributed by atoms with Gasteiger partial charge in [-0.1, -0.05) is 6.92 Å². The van der Waals surface area contributed by atoms with Crippen LogP contribution in [0.4, 0.5) is 10.1 Å². The molecule has 1 atom stereocenters. The Bertz CT molecular complexity index is 497. The van der Waals surface area contributed by atoms with Gasteiger partial charge in [-0.15, -0.1) is 0 Å². The van der Waals surface area contributed by atoms with Crippen molar-refractivity contribution in [2.75, 3.05) is 12.4 Å². The summed E-state index contributed by atoms with van der Waals surface area (Å²) in [5, 5.41) is 3.23. The van der Waals surface area contributed by atoms with Gasteiger partial charge in [0.05, 0.1) is 19.4 Å². The van der Waals surface area contributed by atoms with Crippen molar-refractivity contribution in [2.24, 2.45) is 0 Å². The molecule has 0 amide bonds. The first-order valence-corrected chi connectivity index (χ1v) is 5.88. The zero-order chi connectivity index (χ0) is 13.0. The molecule has 0 fully saturated rings. The molecule has 0 saturated carbocycles. The van der Waals surface area contributed by atoms with Crippen LogP contribution in [0.25, 0.3) is 0 Å². The molecule has 0 aliphatic carbocycles. The minimum atomic E-state index is -0.378. The second-order valence-electron chi connectivity index (χ2n) is 3.97. The Balaban J connectivity index is 2.15. The molecule has 0 saturated heterocycles. The van der Waals surface area contributed by atoms with Crippen LogP contribution in [0.15, 0.2) is 41.0 Å².